The zero-order valence-electron chi connectivity index (χ0n) is 13.2. The first-order valence-corrected chi connectivity index (χ1v) is 7.81. The number of hydrogen-bond acceptors (Lipinski definition) is 3. The highest BCUT2D eigenvalue weighted by Crippen LogP contribution is 2.16. The Morgan fingerprint density at radius 3 is 2.68 bits per heavy atom. The molecule has 1 aliphatic rings. The number of benzene rings is 1. The first-order chi connectivity index (χ1) is 10.7. The van der Waals surface area contributed by atoms with E-state index in [4.69, 9.17) is 0 Å². The monoisotopic (exact) mass is 298 g/mol. The van der Waals surface area contributed by atoms with Gasteiger partial charge < -0.3 is 14.4 Å². The highest BCUT2D eigenvalue weighted by atomic mass is 16.2. The number of hydrogen-bond donors (Lipinski definition) is 0. The van der Waals surface area contributed by atoms with Gasteiger partial charge in [0.15, 0.2) is 0 Å². The summed E-state index contributed by atoms with van der Waals surface area (Å²) in [6.07, 6.45) is 3.84. The van der Waals surface area contributed by atoms with Gasteiger partial charge >= 0.3 is 0 Å². The fraction of sp³-hybridized carbons (Fsp3) is 0.412. The van der Waals surface area contributed by atoms with Crippen molar-refractivity contribution in [1.29, 1.82) is 0 Å². The van der Waals surface area contributed by atoms with Crippen molar-refractivity contribution in [2.45, 2.75) is 20.4 Å². The van der Waals surface area contributed by atoms with Crippen LogP contribution in [0, 0.1) is 6.92 Å². The van der Waals surface area contributed by atoms with E-state index in [0.717, 1.165) is 49.8 Å². The van der Waals surface area contributed by atoms with Gasteiger partial charge in [-0.2, -0.15) is 0 Å². The molecule has 1 amide bonds. The third-order valence-electron chi connectivity index (χ3n) is 4.15. The highest BCUT2D eigenvalue weighted by molar-refractivity contribution is 5.94. The maximum absolute atomic E-state index is 12.6. The number of aromatic nitrogens is 2. The van der Waals surface area contributed by atoms with Crippen molar-refractivity contribution in [1.82, 2.24) is 14.5 Å². The molecule has 1 fully saturated rings. The molecule has 0 radical (unpaired) electrons. The minimum atomic E-state index is 0.127. The number of imidazole rings is 1. The third-order valence-corrected chi connectivity index (χ3v) is 4.15. The molecule has 3 rings (SSSR count). The summed E-state index contributed by atoms with van der Waals surface area (Å²) in [5, 5.41) is 0. The van der Waals surface area contributed by atoms with Gasteiger partial charge in [-0.05, 0) is 26.0 Å². The molecule has 5 heteroatoms. The Kier molecular flexibility index (Phi) is 4.13. The van der Waals surface area contributed by atoms with Crippen LogP contribution in [0.2, 0.25) is 0 Å². The standard InChI is InChI=1S/C17H22N4O/c1-3-19-8-7-18-17(19)21-11-9-20(10-12-21)16(22)15-6-4-5-14(2)13-15/h4-8,13H,3,9-12H2,1-2H3. The number of piperazine rings is 1. The van der Waals surface area contributed by atoms with Crippen LogP contribution in [0.15, 0.2) is 36.7 Å². The Hall–Kier alpha value is -2.30. The van der Waals surface area contributed by atoms with Gasteiger partial charge in [-0.3, -0.25) is 4.79 Å². The van der Waals surface area contributed by atoms with Gasteiger partial charge in [0, 0.05) is 50.7 Å². The zero-order valence-corrected chi connectivity index (χ0v) is 13.2. The molecule has 0 unspecified atom stereocenters. The first-order valence-electron chi connectivity index (χ1n) is 7.81. The number of rotatable bonds is 3. The van der Waals surface area contributed by atoms with Gasteiger partial charge in [0.25, 0.3) is 5.91 Å². The molecule has 0 bridgehead atoms. The van der Waals surface area contributed by atoms with Crippen LogP contribution in [0.3, 0.4) is 0 Å². The van der Waals surface area contributed by atoms with Crippen molar-refractivity contribution in [2.24, 2.45) is 0 Å². The fourth-order valence-corrected chi connectivity index (χ4v) is 2.90. The Labute approximate surface area is 131 Å². The Morgan fingerprint density at radius 1 is 1.23 bits per heavy atom. The molecular weight excluding hydrogens is 276 g/mol. The van der Waals surface area contributed by atoms with Crippen LogP contribution >= 0.6 is 0 Å². The number of carbonyl (C=O) groups is 1. The lowest BCUT2D eigenvalue weighted by atomic mass is 10.1. The first kappa shape index (κ1) is 14.6. The zero-order chi connectivity index (χ0) is 15.5. The summed E-state index contributed by atoms with van der Waals surface area (Å²) in [5.74, 6) is 1.13. The molecule has 2 heterocycles. The van der Waals surface area contributed by atoms with Crippen LogP contribution in [-0.2, 0) is 6.54 Å². The van der Waals surface area contributed by atoms with E-state index in [-0.39, 0.29) is 5.91 Å². The molecule has 5 nitrogen and oxygen atoms in total. The second-order valence-corrected chi connectivity index (χ2v) is 5.66. The fourth-order valence-electron chi connectivity index (χ4n) is 2.90. The number of nitrogens with zero attached hydrogens (tertiary/aromatic N) is 4. The van der Waals surface area contributed by atoms with E-state index in [2.05, 4.69) is 21.4 Å². The number of aryl methyl sites for hydroxylation is 2. The van der Waals surface area contributed by atoms with E-state index in [1.54, 1.807) is 0 Å². The number of carbonyl (C=O) groups excluding carboxylic acids is 1. The molecule has 0 atom stereocenters. The lowest BCUT2D eigenvalue weighted by Gasteiger charge is -2.35. The Bertz CT molecular complexity index is 656. The third kappa shape index (κ3) is 2.84. The summed E-state index contributed by atoms with van der Waals surface area (Å²) in [6.45, 7) is 8.18. The van der Waals surface area contributed by atoms with Crippen LogP contribution in [0.5, 0.6) is 0 Å². The quantitative estimate of drug-likeness (QED) is 0.872. The largest absolute Gasteiger partial charge is 0.339 e. The average molecular weight is 298 g/mol. The molecule has 1 aromatic heterocycles. The van der Waals surface area contributed by atoms with Crippen molar-refractivity contribution >= 4 is 11.9 Å². The molecule has 2 aromatic rings. The Morgan fingerprint density at radius 2 is 2.00 bits per heavy atom. The van der Waals surface area contributed by atoms with Gasteiger partial charge in [0.2, 0.25) is 5.95 Å². The summed E-state index contributed by atoms with van der Waals surface area (Å²) in [5.41, 5.74) is 1.90. The molecule has 0 N–H and O–H groups in total. The predicted octanol–water partition coefficient (Wildman–Crippen LogP) is 2.17. The summed E-state index contributed by atoms with van der Waals surface area (Å²) in [6, 6.07) is 7.81. The van der Waals surface area contributed by atoms with E-state index in [1.165, 1.54) is 0 Å². The van der Waals surface area contributed by atoms with Crippen LogP contribution < -0.4 is 4.90 Å². The molecule has 0 spiro atoms. The van der Waals surface area contributed by atoms with Gasteiger partial charge in [-0.1, -0.05) is 17.7 Å². The van der Waals surface area contributed by atoms with Crippen molar-refractivity contribution in [3.05, 3.63) is 47.8 Å². The van der Waals surface area contributed by atoms with Gasteiger partial charge in [0.1, 0.15) is 0 Å². The van der Waals surface area contributed by atoms with Crippen LogP contribution in [-0.4, -0.2) is 46.5 Å². The van der Waals surface area contributed by atoms with Crippen LogP contribution in [0.4, 0.5) is 5.95 Å². The van der Waals surface area contributed by atoms with E-state index >= 15 is 0 Å². The predicted molar refractivity (Wildman–Crippen MR) is 87.2 cm³/mol. The molecule has 1 aliphatic heterocycles. The van der Waals surface area contributed by atoms with Crippen molar-refractivity contribution in [2.75, 3.05) is 31.1 Å². The number of amides is 1. The summed E-state index contributed by atoms with van der Waals surface area (Å²) >= 11 is 0. The molecule has 22 heavy (non-hydrogen) atoms. The average Bonchev–Trinajstić information content (AvgIpc) is 3.03. The van der Waals surface area contributed by atoms with Crippen molar-refractivity contribution < 1.29 is 4.79 Å². The molecule has 1 saturated heterocycles. The van der Waals surface area contributed by atoms with Gasteiger partial charge in [-0.25, -0.2) is 4.98 Å². The molecule has 116 valence electrons. The Balaban J connectivity index is 1.65. The SMILES string of the molecule is CCn1ccnc1N1CCN(C(=O)c2cccc(C)c2)CC1. The van der Waals surface area contributed by atoms with E-state index in [0.29, 0.717) is 0 Å². The van der Waals surface area contributed by atoms with Gasteiger partial charge in [0.05, 0.1) is 0 Å². The summed E-state index contributed by atoms with van der Waals surface area (Å²) in [7, 11) is 0. The normalized spacial score (nSPS) is 15.2. The minimum Gasteiger partial charge on any atom is -0.339 e. The lowest BCUT2D eigenvalue weighted by molar-refractivity contribution is 0.0746. The maximum Gasteiger partial charge on any atom is 0.253 e. The van der Waals surface area contributed by atoms with E-state index < -0.39 is 0 Å². The van der Waals surface area contributed by atoms with Crippen LogP contribution in [0.25, 0.3) is 0 Å². The molecule has 0 aliphatic carbocycles. The highest BCUT2D eigenvalue weighted by Gasteiger charge is 2.24. The molecule has 0 saturated carbocycles. The van der Waals surface area contributed by atoms with E-state index in [1.807, 2.05) is 48.5 Å². The van der Waals surface area contributed by atoms with E-state index in [9.17, 15) is 4.79 Å². The van der Waals surface area contributed by atoms with Crippen molar-refractivity contribution in [3.8, 4) is 0 Å². The van der Waals surface area contributed by atoms with Crippen molar-refractivity contribution in [3.63, 3.8) is 0 Å². The second kappa shape index (κ2) is 6.22. The smallest absolute Gasteiger partial charge is 0.253 e. The second-order valence-electron chi connectivity index (χ2n) is 5.66. The lowest BCUT2D eigenvalue weighted by Crippen LogP contribution is -2.49. The summed E-state index contributed by atoms with van der Waals surface area (Å²) < 4.78 is 2.14. The minimum absolute atomic E-state index is 0.127. The molecule has 1 aromatic carbocycles. The van der Waals surface area contributed by atoms with Crippen LogP contribution in [0.1, 0.15) is 22.8 Å². The number of anilines is 1. The molecular formula is C17H22N4O. The topological polar surface area (TPSA) is 41.4 Å². The summed E-state index contributed by atoms with van der Waals surface area (Å²) in [4.78, 5) is 21.2. The maximum atomic E-state index is 12.6. The van der Waals surface area contributed by atoms with Gasteiger partial charge in [-0.15, -0.1) is 0 Å².